The molecule has 16 heavy (non-hydrogen) atoms. The number of benzene rings is 1. The minimum absolute atomic E-state index is 0.349. The third kappa shape index (κ3) is 1.72. The van der Waals surface area contributed by atoms with Gasteiger partial charge in [-0.15, -0.1) is 0 Å². The molecule has 0 atom stereocenters. The molecule has 0 aliphatic heterocycles. The number of hydrogen-bond donors (Lipinski definition) is 1. The number of rotatable bonds is 2. The van der Waals surface area contributed by atoms with Gasteiger partial charge in [0.05, 0.1) is 5.54 Å². The van der Waals surface area contributed by atoms with Crippen LogP contribution in [0.1, 0.15) is 26.5 Å². The van der Waals surface area contributed by atoms with Crippen LogP contribution in [0.4, 0.5) is 0 Å². The predicted molar refractivity (Wildman–Crippen MR) is 69.8 cm³/mol. The van der Waals surface area contributed by atoms with Crippen LogP contribution < -0.4 is 5.73 Å². The first-order valence-electron chi connectivity index (χ1n) is 5.52. The van der Waals surface area contributed by atoms with Crippen molar-refractivity contribution >= 4 is 22.5 Å². The summed E-state index contributed by atoms with van der Waals surface area (Å²) < 4.78 is 2.22. The number of aromatic nitrogens is 1. The van der Waals surface area contributed by atoms with E-state index in [1.54, 1.807) is 0 Å². The van der Waals surface area contributed by atoms with Gasteiger partial charge in [-0.2, -0.15) is 0 Å². The van der Waals surface area contributed by atoms with E-state index in [1.807, 2.05) is 26.0 Å². The third-order valence-corrected chi connectivity index (χ3v) is 3.20. The van der Waals surface area contributed by atoms with Gasteiger partial charge >= 0.3 is 0 Å². The second-order valence-corrected chi connectivity index (χ2v) is 5.08. The average molecular weight is 237 g/mol. The van der Waals surface area contributed by atoms with Crippen molar-refractivity contribution < 1.29 is 0 Å². The van der Waals surface area contributed by atoms with Crippen molar-refractivity contribution in [3.8, 4) is 0 Å². The molecule has 2 N–H and O–H groups in total. The molecule has 0 unspecified atom stereocenters. The summed E-state index contributed by atoms with van der Waals surface area (Å²) in [6, 6.07) is 8.07. The van der Waals surface area contributed by atoms with Gasteiger partial charge in [-0.25, -0.2) is 0 Å². The van der Waals surface area contributed by atoms with Gasteiger partial charge in [-0.1, -0.05) is 17.7 Å². The zero-order chi connectivity index (χ0) is 11.9. The van der Waals surface area contributed by atoms with Gasteiger partial charge in [0.25, 0.3) is 0 Å². The lowest BCUT2D eigenvalue weighted by Crippen LogP contribution is -2.31. The third-order valence-electron chi connectivity index (χ3n) is 2.87. The fraction of sp³-hybridized carbons (Fsp3) is 0.385. The molecule has 2 aromatic rings. The first-order valence-corrected chi connectivity index (χ1v) is 5.90. The number of nitrogens with zero attached hydrogens (tertiary/aromatic N) is 1. The maximum atomic E-state index is 6.20. The summed E-state index contributed by atoms with van der Waals surface area (Å²) in [6.07, 6.45) is 0. The molecule has 2 rings (SSSR count). The molecule has 0 fully saturated rings. The number of aryl methyl sites for hydroxylation is 1. The molecule has 0 spiro atoms. The standard InChI is InChI=1S/C13H17ClN2/c1-4-16-11-7-5-6-10(14)9(11)8-12(16)13(2,3)15/h5-8H,4,15H2,1-3H3. The molecule has 1 aromatic heterocycles. The van der Waals surface area contributed by atoms with E-state index >= 15 is 0 Å². The Hall–Kier alpha value is -0.990. The monoisotopic (exact) mass is 236 g/mol. The van der Waals surface area contributed by atoms with E-state index in [4.69, 9.17) is 17.3 Å². The molecule has 0 amide bonds. The molecule has 0 saturated carbocycles. The summed E-state index contributed by atoms with van der Waals surface area (Å²) in [5.41, 5.74) is 8.11. The Morgan fingerprint density at radius 3 is 2.62 bits per heavy atom. The average Bonchev–Trinajstić information content (AvgIpc) is 2.57. The largest absolute Gasteiger partial charge is 0.343 e. The maximum absolute atomic E-state index is 6.20. The molecule has 2 nitrogen and oxygen atoms in total. The van der Waals surface area contributed by atoms with E-state index in [-0.39, 0.29) is 5.54 Å². The molecule has 0 bridgehead atoms. The van der Waals surface area contributed by atoms with Crippen LogP contribution in [0.3, 0.4) is 0 Å². The zero-order valence-electron chi connectivity index (χ0n) is 9.92. The van der Waals surface area contributed by atoms with Crippen LogP contribution in [-0.4, -0.2) is 4.57 Å². The summed E-state index contributed by atoms with van der Waals surface area (Å²) in [7, 11) is 0. The highest BCUT2D eigenvalue weighted by Crippen LogP contribution is 2.30. The first-order chi connectivity index (χ1) is 7.45. The van der Waals surface area contributed by atoms with Crippen LogP contribution >= 0.6 is 11.6 Å². The van der Waals surface area contributed by atoms with Crippen molar-refractivity contribution in [1.29, 1.82) is 0 Å². The second kappa shape index (κ2) is 3.79. The highest BCUT2D eigenvalue weighted by atomic mass is 35.5. The topological polar surface area (TPSA) is 30.9 Å². The summed E-state index contributed by atoms with van der Waals surface area (Å²) in [5, 5.41) is 1.87. The lowest BCUT2D eigenvalue weighted by atomic mass is 10.0. The normalized spacial score (nSPS) is 12.3. The van der Waals surface area contributed by atoms with Crippen LogP contribution in [0.15, 0.2) is 24.3 Å². The lowest BCUT2D eigenvalue weighted by Gasteiger charge is -2.21. The van der Waals surface area contributed by atoms with Gasteiger partial charge in [-0.05, 0) is 39.0 Å². The molecule has 1 heterocycles. The van der Waals surface area contributed by atoms with Crippen molar-refractivity contribution in [1.82, 2.24) is 4.57 Å². The van der Waals surface area contributed by atoms with Gasteiger partial charge in [0, 0.05) is 28.2 Å². The molecular formula is C13H17ClN2. The van der Waals surface area contributed by atoms with Gasteiger partial charge in [0.2, 0.25) is 0 Å². The zero-order valence-corrected chi connectivity index (χ0v) is 10.7. The van der Waals surface area contributed by atoms with E-state index < -0.39 is 0 Å². The van der Waals surface area contributed by atoms with Crippen LogP contribution in [0.2, 0.25) is 5.02 Å². The molecule has 1 aromatic carbocycles. The van der Waals surface area contributed by atoms with Gasteiger partial charge in [0.1, 0.15) is 0 Å². The quantitative estimate of drug-likeness (QED) is 0.850. The Bertz CT molecular complexity index is 520. The van der Waals surface area contributed by atoms with Crippen molar-refractivity contribution in [2.45, 2.75) is 32.9 Å². The van der Waals surface area contributed by atoms with Gasteiger partial charge < -0.3 is 10.3 Å². The second-order valence-electron chi connectivity index (χ2n) is 4.67. The van der Waals surface area contributed by atoms with Crippen LogP contribution in [0.5, 0.6) is 0 Å². The van der Waals surface area contributed by atoms with Crippen molar-refractivity contribution in [2.24, 2.45) is 5.73 Å². The first kappa shape index (κ1) is 11.5. The molecule has 0 aliphatic rings. The maximum Gasteiger partial charge on any atom is 0.0506 e. The van der Waals surface area contributed by atoms with E-state index in [0.29, 0.717) is 0 Å². The smallest absolute Gasteiger partial charge is 0.0506 e. The minimum Gasteiger partial charge on any atom is -0.343 e. The fourth-order valence-electron chi connectivity index (χ4n) is 2.12. The highest BCUT2D eigenvalue weighted by molar-refractivity contribution is 6.35. The van der Waals surface area contributed by atoms with E-state index in [9.17, 15) is 0 Å². The predicted octanol–water partition coefficient (Wildman–Crippen LogP) is 3.51. The molecular weight excluding hydrogens is 220 g/mol. The molecule has 86 valence electrons. The Morgan fingerprint density at radius 2 is 2.06 bits per heavy atom. The summed E-state index contributed by atoms with van der Waals surface area (Å²) in [6.45, 7) is 7.05. The molecule has 0 saturated heterocycles. The minimum atomic E-state index is -0.349. The Labute approximate surface area is 101 Å². The highest BCUT2D eigenvalue weighted by Gasteiger charge is 2.21. The van der Waals surface area contributed by atoms with Gasteiger partial charge in [0.15, 0.2) is 0 Å². The van der Waals surface area contributed by atoms with E-state index in [1.165, 1.54) is 0 Å². The Balaban J connectivity index is 2.81. The van der Waals surface area contributed by atoms with Crippen LogP contribution in [0.25, 0.3) is 10.9 Å². The fourth-order valence-corrected chi connectivity index (χ4v) is 2.35. The number of nitrogens with two attached hydrogens (primary N) is 1. The van der Waals surface area contributed by atoms with Gasteiger partial charge in [-0.3, -0.25) is 0 Å². The lowest BCUT2D eigenvalue weighted by molar-refractivity contribution is 0.504. The Kier molecular flexibility index (Phi) is 2.72. The number of hydrogen-bond acceptors (Lipinski definition) is 1. The van der Waals surface area contributed by atoms with Crippen molar-refractivity contribution in [3.63, 3.8) is 0 Å². The van der Waals surface area contributed by atoms with Crippen molar-refractivity contribution in [3.05, 3.63) is 35.0 Å². The number of halogens is 1. The summed E-state index contributed by atoms with van der Waals surface area (Å²) >= 11 is 6.20. The van der Waals surface area contributed by atoms with E-state index in [0.717, 1.165) is 28.2 Å². The molecule has 0 radical (unpaired) electrons. The van der Waals surface area contributed by atoms with Crippen LogP contribution in [0, 0.1) is 0 Å². The summed E-state index contributed by atoms with van der Waals surface area (Å²) in [4.78, 5) is 0. The molecule has 0 aliphatic carbocycles. The van der Waals surface area contributed by atoms with Crippen molar-refractivity contribution in [2.75, 3.05) is 0 Å². The molecule has 3 heteroatoms. The SMILES string of the molecule is CCn1c(C(C)(C)N)cc2c(Cl)cccc21. The Morgan fingerprint density at radius 1 is 1.38 bits per heavy atom. The van der Waals surface area contributed by atoms with E-state index in [2.05, 4.69) is 23.6 Å². The summed E-state index contributed by atoms with van der Waals surface area (Å²) in [5.74, 6) is 0. The number of fused-ring (bicyclic) bond motifs is 1. The van der Waals surface area contributed by atoms with Crippen LogP contribution in [-0.2, 0) is 12.1 Å².